The molecule has 0 aliphatic heterocycles. The number of rotatable bonds is 3. The lowest BCUT2D eigenvalue weighted by Crippen LogP contribution is -2.42. The van der Waals surface area contributed by atoms with Crippen LogP contribution in [0.4, 0.5) is 0 Å². The van der Waals surface area contributed by atoms with Gasteiger partial charge in [-0.3, -0.25) is 9.59 Å². The Morgan fingerprint density at radius 2 is 1.81 bits per heavy atom. The van der Waals surface area contributed by atoms with Gasteiger partial charge in [0.15, 0.2) is 0 Å². The maximum absolute atomic E-state index is 12.4. The highest BCUT2D eigenvalue weighted by Gasteiger charge is 2.30. The number of aliphatic carboxylic acids is 1. The van der Waals surface area contributed by atoms with Gasteiger partial charge in [0, 0.05) is 11.6 Å². The Bertz CT molecular complexity index is 539. The second-order valence-corrected chi connectivity index (χ2v) is 5.96. The van der Waals surface area contributed by atoms with Crippen molar-refractivity contribution in [3.63, 3.8) is 0 Å². The van der Waals surface area contributed by atoms with Crippen LogP contribution in [0.2, 0.25) is 0 Å². The highest BCUT2D eigenvalue weighted by molar-refractivity contribution is 5.95. The van der Waals surface area contributed by atoms with Gasteiger partial charge in [-0.1, -0.05) is 25.3 Å². The number of carbonyl (C=O) groups is 2. The van der Waals surface area contributed by atoms with Crippen LogP contribution < -0.4 is 5.32 Å². The van der Waals surface area contributed by atoms with Crippen LogP contribution in [0, 0.1) is 19.8 Å². The predicted octanol–water partition coefficient (Wildman–Crippen LogP) is 3.07. The molecule has 1 aliphatic carbocycles. The van der Waals surface area contributed by atoms with Crippen LogP contribution in [-0.4, -0.2) is 23.0 Å². The van der Waals surface area contributed by atoms with Crippen LogP contribution in [0.25, 0.3) is 0 Å². The fraction of sp³-hybridized carbons (Fsp3) is 0.529. The number of hydrogen-bond donors (Lipinski definition) is 2. The molecule has 2 rings (SSSR count). The molecule has 1 saturated carbocycles. The molecule has 0 saturated heterocycles. The van der Waals surface area contributed by atoms with Crippen molar-refractivity contribution in [1.29, 1.82) is 0 Å². The molecule has 2 atom stereocenters. The Kier molecular flexibility index (Phi) is 4.99. The summed E-state index contributed by atoms with van der Waals surface area (Å²) in [6.45, 7) is 3.97. The molecule has 1 fully saturated rings. The summed E-state index contributed by atoms with van der Waals surface area (Å²) >= 11 is 0. The van der Waals surface area contributed by atoms with Gasteiger partial charge < -0.3 is 10.4 Å². The molecule has 1 aliphatic rings. The summed E-state index contributed by atoms with van der Waals surface area (Å²) in [4.78, 5) is 23.7. The second-order valence-electron chi connectivity index (χ2n) is 5.96. The third-order valence-electron chi connectivity index (χ3n) is 4.42. The minimum absolute atomic E-state index is 0.170. The molecule has 4 heteroatoms. The van der Waals surface area contributed by atoms with Gasteiger partial charge in [0.05, 0.1) is 5.92 Å². The molecule has 2 N–H and O–H groups in total. The largest absolute Gasteiger partial charge is 0.481 e. The van der Waals surface area contributed by atoms with Gasteiger partial charge >= 0.3 is 5.97 Å². The van der Waals surface area contributed by atoms with Crippen LogP contribution in [-0.2, 0) is 4.79 Å². The molecular weight excluding hydrogens is 266 g/mol. The van der Waals surface area contributed by atoms with Crippen LogP contribution in [0.5, 0.6) is 0 Å². The molecule has 21 heavy (non-hydrogen) atoms. The first-order valence-electron chi connectivity index (χ1n) is 7.60. The molecule has 0 unspecified atom stereocenters. The van der Waals surface area contributed by atoms with E-state index in [1.807, 2.05) is 26.0 Å². The van der Waals surface area contributed by atoms with Crippen LogP contribution in [0.1, 0.15) is 53.6 Å². The normalized spacial score (nSPS) is 22.4. The summed E-state index contributed by atoms with van der Waals surface area (Å²) in [7, 11) is 0. The minimum atomic E-state index is -0.803. The van der Waals surface area contributed by atoms with E-state index in [1.165, 1.54) is 0 Å². The quantitative estimate of drug-likeness (QED) is 0.840. The molecule has 0 radical (unpaired) electrons. The Balaban J connectivity index is 2.12. The number of carboxylic acid groups (broad SMARTS) is 1. The maximum Gasteiger partial charge on any atom is 0.308 e. The second kappa shape index (κ2) is 6.74. The van der Waals surface area contributed by atoms with Gasteiger partial charge in [-0.05, 0) is 49.9 Å². The number of hydrogen-bond acceptors (Lipinski definition) is 2. The van der Waals surface area contributed by atoms with Gasteiger partial charge in [0.1, 0.15) is 0 Å². The molecule has 0 bridgehead atoms. The monoisotopic (exact) mass is 289 g/mol. The van der Waals surface area contributed by atoms with E-state index in [2.05, 4.69) is 5.32 Å². The standard InChI is InChI=1S/C17H23NO3/c1-11-8-9-13(10-12(11)2)16(19)18-15-7-5-3-4-6-14(15)17(20)21/h8-10,14-15H,3-7H2,1-2H3,(H,18,19)(H,20,21)/t14-,15+/m1/s1. The summed E-state index contributed by atoms with van der Waals surface area (Å²) < 4.78 is 0. The summed E-state index contributed by atoms with van der Waals surface area (Å²) in [6, 6.07) is 5.31. The van der Waals surface area contributed by atoms with Gasteiger partial charge in [-0.2, -0.15) is 0 Å². The van der Waals surface area contributed by atoms with Crippen LogP contribution >= 0.6 is 0 Å². The number of aryl methyl sites for hydroxylation is 2. The van der Waals surface area contributed by atoms with E-state index < -0.39 is 11.9 Å². The number of carboxylic acids is 1. The van der Waals surface area contributed by atoms with E-state index >= 15 is 0 Å². The fourth-order valence-electron chi connectivity index (χ4n) is 2.91. The summed E-state index contributed by atoms with van der Waals surface area (Å²) in [6.07, 6.45) is 4.33. The average molecular weight is 289 g/mol. The minimum Gasteiger partial charge on any atom is -0.481 e. The van der Waals surface area contributed by atoms with Gasteiger partial charge in [-0.15, -0.1) is 0 Å². The Labute approximate surface area is 125 Å². The van der Waals surface area contributed by atoms with Crippen molar-refractivity contribution in [1.82, 2.24) is 5.32 Å². The van der Waals surface area contributed by atoms with Crippen molar-refractivity contribution >= 4 is 11.9 Å². The van der Waals surface area contributed by atoms with Crippen LogP contribution in [0.3, 0.4) is 0 Å². The Hall–Kier alpha value is -1.84. The lowest BCUT2D eigenvalue weighted by atomic mass is 9.94. The number of amides is 1. The Morgan fingerprint density at radius 1 is 1.10 bits per heavy atom. The summed E-state index contributed by atoms with van der Waals surface area (Å²) in [5.74, 6) is -1.44. The van der Waals surface area contributed by atoms with Crippen molar-refractivity contribution in [3.8, 4) is 0 Å². The molecule has 0 spiro atoms. The lowest BCUT2D eigenvalue weighted by Gasteiger charge is -2.23. The molecular formula is C17H23NO3. The zero-order chi connectivity index (χ0) is 15.4. The highest BCUT2D eigenvalue weighted by Crippen LogP contribution is 2.24. The number of benzene rings is 1. The molecule has 1 aromatic carbocycles. The van der Waals surface area contributed by atoms with Crippen molar-refractivity contribution < 1.29 is 14.7 Å². The maximum atomic E-state index is 12.4. The molecule has 1 amide bonds. The molecule has 4 nitrogen and oxygen atoms in total. The fourth-order valence-corrected chi connectivity index (χ4v) is 2.91. The zero-order valence-corrected chi connectivity index (χ0v) is 12.7. The molecule has 1 aromatic rings. The van der Waals surface area contributed by atoms with Crippen molar-refractivity contribution in [2.24, 2.45) is 5.92 Å². The third-order valence-corrected chi connectivity index (χ3v) is 4.42. The first-order valence-corrected chi connectivity index (χ1v) is 7.60. The Morgan fingerprint density at radius 3 is 2.48 bits per heavy atom. The van der Waals surface area contributed by atoms with Crippen LogP contribution in [0.15, 0.2) is 18.2 Å². The van der Waals surface area contributed by atoms with E-state index in [9.17, 15) is 14.7 Å². The summed E-state index contributed by atoms with van der Waals surface area (Å²) in [5, 5.41) is 12.3. The van der Waals surface area contributed by atoms with E-state index in [-0.39, 0.29) is 11.9 Å². The summed E-state index contributed by atoms with van der Waals surface area (Å²) in [5.41, 5.74) is 2.81. The van der Waals surface area contributed by atoms with Crippen molar-refractivity contribution in [2.75, 3.05) is 0 Å². The highest BCUT2D eigenvalue weighted by atomic mass is 16.4. The van der Waals surface area contributed by atoms with Crippen molar-refractivity contribution in [3.05, 3.63) is 34.9 Å². The van der Waals surface area contributed by atoms with Gasteiger partial charge in [-0.25, -0.2) is 0 Å². The zero-order valence-electron chi connectivity index (χ0n) is 12.7. The average Bonchev–Trinajstić information content (AvgIpc) is 2.67. The molecule has 0 aromatic heterocycles. The third kappa shape index (κ3) is 3.84. The number of nitrogens with one attached hydrogen (secondary N) is 1. The van der Waals surface area contributed by atoms with E-state index in [0.29, 0.717) is 12.0 Å². The predicted molar refractivity (Wildman–Crippen MR) is 81.4 cm³/mol. The number of carbonyl (C=O) groups excluding carboxylic acids is 1. The van der Waals surface area contributed by atoms with E-state index in [0.717, 1.165) is 36.8 Å². The molecule has 0 heterocycles. The first-order chi connectivity index (χ1) is 9.99. The SMILES string of the molecule is Cc1ccc(C(=O)N[C@H]2CCCCC[C@H]2C(=O)O)cc1C. The topological polar surface area (TPSA) is 66.4 Å². The first kappa shape index (κ1) is 15.5. The molecule has 114 valence electrons. The van der Waals surface area contributed by atoms with E-state index in [4.69, 9.17) is 0 Å². The van der Waals surface area contributed by atoms with Gasteiger partial charge in [0.2, 0.25) is 0 Å². The smallest absolute Gasteiger partial charge is 0.308 e. The van der Waals surface area contributed by atoms with Crippen molar-refractivity contribution in [2.45, 2.75) is 52.0 Å². The van der Waals surface area contributed by atoms with Gasteiger partial charge in [0.25, 0.3) is 5.91 Å². The lowest BCUT2D eigenvalue weighted by molar-refractivity contribution is -0.142. The van der Waals surface area contributed by atoms with E-state index in [1.54, 1.807) is 6.07 Å².